The Bertz CT molecular complexity index is 1060. The molecule has 0 saturated carbocycles. The first-order valence-corrected chi connectivity index (χ1v) is 10.9. The third kappa shape index (κ3) is 4.12. The fourth-order valence-electron chi connectivity index (χ4n) is 3.51. The number of anilines is 1. The lowest BCUT2D eigenvalue weighted by Crippen LogP contribution is -2.48. The molecule has 2 aliphatic rings. The molecule has 1 N–H and O–H groups in total. The molecular weight excluding hydrogens is 388 g/mol. The number of morpholine rings is 1. The number of benzene rings is 2. The van der Waals surface area contributed by atoms with Crippen LogP contribution in [-0.2, 0) is 27.9 Å². The van der Waals surface area contributed by atoms with Crippen molar-refractivity contribution in [1.29, 1.82) is 5.26 Å². The molecule has 29 heavy (non-hydrogen) atoms. The molecule has 8 heteroatoms. The van der Waals surface area contributed by atoms with Crippen molar-refractivity contribution in [3.63, 3.8) is 0 Å². The van der Waals surface area contributed by atoms with Crippen molar-refractivity contribution < 1.29 is 13.2 Å². The van der Waals surface area contributed by atoms with Gasteiger partial charge in [0.25, 0.3) is 0 Å². The Morgan fingerprint density at radius 1 is 1.10 bits per heavy atom. The fourth-order valence-corrected chi connectivity index (χ4v) is 5.12. The highest BCUT2D eigenvalue weighted by molar-refractivity contribution is 7.86. The first-order chi connectivity index (χ1) is 14.1. The van der Waals surface area contributed by atoms with Gasteiger partial charge < -0.3 is 10.1 Å². The van der Waals surface area contributed by atoms with E-state index >= 15 is 0 Å². The number of nitrogens with one attached hydrogen (secondary N) is 1. The van der Waals surface area contributed by atoms with E-state index < -0.39 is 10.2 Å². The average Bonchev–Trinajstić information content (AvgIpc) is 2.94. The Hall–Kier alpha value is -2.86. The highest BCUT2D eigenvalue weighted by atomic mass is 32.2. The van der Waals surface area contributed by atoms with Crippen LogP contribution in [0, 0.1) is 11.3 Å². The van der Waals surface area contributed by atoms with Gasteiger partial charge in [0.05, 0.1) is 37.1 Å². The molecule has 2 aliphatic heterocycles. The van der Waals surface area contributed by atoms with Crippen molar-refractivity contribution in [2.45, 2.75) is 13.0 Å². The minimum Gasteiger partial charge on any atom is -0.379 e. The fraction of sp³-hybridized carbons (Fsp3) is 0.286. The maximum Gasteiger partial charge on any atom is 0.304 e. The van der Waals surface area contributed by atoms with Crippen molar-refractivity contribution in [2.24, 2.45) is 0 Å². The number of rotatable bonds is 4. The molecule has 0 unspecified atom stereocenters. The van der Waals surface area contributed by atoms with E-state index in [1.54, 1.807) is 18.3 Å². The number of ether oxygens (including phenoxy) is 1. The van der Waals surface area contributed by atoms with Crippen LogP contribution >= 0.6 is 0 Å². The van der Waals surface area contributed by atoms with Crippen molar-refractivity contribution in [2.75, 3.05) is 31.6 Å². The van der Waals surface area contributed by atoms with E-state index in [1.807, 2.05) is 36.4 Å². The smallest absolute Gasteiger partial charge is 0.304 e. The molecule has 4 rings (SSSR count). The van der Waals surface area contributed by atoms with Gasteiger partial charge >= 0.3 is 10.2 Å². The summed E-state index contributed by atoms with van der Waals surface area (Å²) < 4.78 is 35.3. The molecule has 1 fully saturated rings. The number of hydrogen-bond donors (Lipinski definition) is 1. The predicted octanol–water partition coefficient (Wildman–Crippen LogP) is 2.45. The van der Waals surface area contributed by atoms with Crippen LogP contribution in [-0.4, -0.2) is 43.3 Å². The van der Waals surface area contributed by atoms with Gasteiger partial charge in [0.1, 0.15) is 0 Å². The standard InChI is InChI=1S/C21H22N4O3S/c22-14-18-6-7-21-19(12-18)16-25(29(26,27)24-8-10-28-11-9-24)20(15-23-21)13-17-4-2-1-3-5-17/h1-7,12,15,23H,8-11,13,16H2. The van der Waals surface area contributed by atoms with E-state index in [2.05, 4.69) is 11.4 Å². The Morgan fingerprint density at radius 2 is 1.86 bits per heavy atom. The number of nitriles is 1. The summed E-state index contributed by atoms with van der Waals surface area (Å²) in [5, 5.41) is 12.5. The molecule has 0 spiro atoms. The van der Waals surface area contributed by atoms with Crippen LogP contribution in [0.1, 0.15) is 16.7 Å². The number of allylic oxidation sites excluding steroid dienone is 1. The zero-order chi connectivity index (χ0) is 20.3. The maximum absolute atomic E-state index is 13.5. The quantitative estimate of drug-likeness (QED) is 0.837. The van der Waals surface area contributed by atoms with Gasteiger partial charge in [0, 0.05) is 31.4 Å². The second-order valence-corrected chi connectivity index (χ2v) is 8.80. The third-order valence-electron chi connectivity index (χ3n) is 5.07. The molecule has 0 bridgehead atoms. The Labute approximate surface area is 171 Å². The van der Waals surface area contributed by atoms with E-state index in [0.717, 1.165) is 16.8 Å². The van der Waals surface area contributed by atoms with Gasteiger partial charge in [-0.05, 0) is 29.3 Å². The monoisotopic (exact) mass is 410 g/mol. The van der Waals surface area contributed by atoms with E-state index in [-0.39, 0.29) is 6.54 Å². The number of nitrogens with zero attached hydrogens (tertiary/aromatic N) is 3. The van der Waals surface area contributed by atoms with Crippen LogP contribution in [0.4, 0.5) is 5.69 Å². The van der Waals surface area contributed by atoms with Gasteiger partial charge in [-0.3, -0.25) is 4.31 Å². The molecule has 0 atom stereocenters. The van der Waals surface area contributed by atoms with Gasteiger partial charge in [-0.25, -0.2) is 0 Å². The lowest BCUT2D eigenvalue weighted by Gasteiger charge is -2.34. The molecule has 150 valence electrons. The van der Waals surface area contributed by atoms with Crippen LogP contribution in [0.15, 0.2) is 60.4 Å². The number of fused-ring (bicyclic) bond motifs is 1. The number of hydrogen-bond acceptors (Lipinski definition) is 5. The lowest BCUT2D eigenvalue weighted by molar-refractivity contribution is 0.0706. The summed E-state index contributed by atoms with van der Waals surface area (Å²) in [7, 11) is -3.74. The molecule has 0 amide bonds. The van der Waals surface area contributed by atoms with Crippen LogP contribution < -0.4 is 5.32 Å². The predicted molar refractivity (Wildman–Crippen MR) is 110 cm³/mol. The topological polar surface area (TPSA) is 85.7 Å². The Morgan fingerprint density at radius 3 is 2.59 bits per heavy atom. The molecule has 0 radical (unpaired) electrons. The highest BCUT2D eigenvalue weighted by Gasteiger charge is 2.34. The summed E-state index contributed by atoms with van der Waals surface area (Å²) in [6, 6.07) is 17.2. The van der Waals surface area contributed by atoms with Gasteiger partial charge in [0.15, 0.2) is 0 Å². The first kappa shape index (κ1) is 19.5. The summed E-state index contributed by atoms with van der Waals surface area (Å²) in [6.07, 6.45) is 2.22. The largest absolute Gasteiger partial charge is 0.379 e. The third-order valence-corrected chi connectivity index (χ3v) is 7.00. The van der Waals surface area contributed by atoms with Crippen LogP contribution in [0.25, 0.3) is 0 Å². The van der Waals surface area contributed by atoms with Crippen molar-refractivity contribution in [1.82, 2.24) is 8.61 Å². The SMILES string of the molecule is N#Cc1ccc2c(c1)CN(S(=O)(=O)N1CCOCC1)C(Cc1ccccc1)=CN2. The summed E-state index contributed by atoms with van der Waals surface area (Å²) >= 11 is 0. The zero-order valence-electron chi connectivity index (χ0n) is 15.9. The second kappa shape index (κ2) is 8.25. The molecule has 2 heterocycles. The van der Waals surface area contributed by atoms with Gasteiger partial charge in [-0.1, -0.05) is 30.3 Å². The second-order valence-electron chi connectivity index (χ2n) is 6.95. The van der Waals surface area contributed by atoms with E-state index in [1.165, 1.54) is 8.61 Å². The normalized spacial score (nSPS) is 17.5. The van der Waals surface area contributed by atoms with Crippen LogP contribution in [0.3, 0.4) is 0 Å². The minimum absolute atomic E-state index is 0.163. The van der Waals surface area contributed by atoms with Crippen molar-refractivity contribution >= 4 is 15.9 Å². The highest BCUT2D eigenvalue weighted by Crippen LogP contribution is 2.30. The van der Waals surface area contributed by atoms with Gasteiger partial charge in [-0.15, -0.1) is 0 Å². The molecular formula is C21H22N4O3S. The van der Waals surface area contributed by atoms with Crippen molar-refractivity contribution in [3.05, 3.63) is 77.1 Å². The molecule has 2 aromatic carbocycles. The van der Waals surface area contributed by atoms with Crippen molar-refractivity contribution in [3.8, 4) is 6.07 Å². The minimum atomic E-state index is -3.74. The van der Waals surface area contributed by atoms with Crippen LogP contribution in [0.2, 0.25) is 0 Å². The summed E-state index contributed by atoms with van der Waals surface area (Å²) in [5.74, 6) is 0. The molecule has 0 aromatic heterocycles. The molecule has 1 saturated heterocycles. The molecule has 2 aromatic rings. The average molecular weight is 410 g/mol. The van der Waals surface area contributed by atoms with Gasteiger partial charge in [0.2, 0.25) is 0 Å². The van der Waals surface area contributed by atoms with E-state index in [9.17, 15) is 13.7 Å². The van der Waals surface area contributed by atoms with Gasteiger partial charge in [-0.2, -0.15) is 18.0 Å². The summed E-state index contributed by atoms with van der Waals surface area (Å²) in [4.78, 5) is 0. The van der Waals surface area contributed by atoms with E-state index in [4.69, 9.17) is 4.74 Å². The molecule has 7 nitrogen and oxygen atoms in total. The van der Waals surface area contributed by atoms with E-state index in [0.29, 0.717) is 44.0 Å². The van der Waals surface area contributed by atoms with Crippen LogP contribution in [0.5, 0.6) is 0 Å². The maximum atomic E-state index is 13.5. The lowest BCUT2D eigenvalue weighted by atomic mass is 10.1. The summed E-state index contributed by atoms with van der Waals surface area (Å²) in [5.41, 5.74) is 3.74. The first-order valence-electron chi connectivity index (χ1n) is 9.46. The zero-order valence-corrected chi connectivity index (χ0v) is 16.7. The Balaban J connectivity index is 1.73. The molecule has 0 aliphatic carbocycles. The summed E-state index contributed by atoms with van der Waals surface area (Å²) in [6.45, 7) is 1.60. The Kier molecular flexibility index (Phi) is 5.53.